The summed E-state index contributed by atoms with van der Waals surface area (Å²) < 4.78 is 5.04. The van der Waals surface area contributed by atoms with Crippen LogP contribution in [0, 0.1) is 0 Å². The van der Waals surface area contributed by atoms with Crippen molar-refractivity contribution in [3.05, 3.63) is 24.3 Å². The van der Waals surface area contributed by atoms with Gasteiger partial charge in [-0.15, -0.1) is 0 Å². The van der Waals surface area contributed by atoms with Gasteiger partial charge in [0.2, 0.25) is 0 Å². The zero-order valence-corrected chi connectivity index (χ0v) is 11.5. The first-order chi connectivity index (χ1) is 9.52. The van der Waals surface area contributed by atoms with Crippen LogP contribution in [0.1, 0.15) is 0 Å². The number of hydrogen-bond acceptors (Lipinski definition) is 4. The fourth-order valence-corrected chi connectivity index (χ4v) is 1.41. The number of anilines is 1. The predicted molar refractivity (Wildman–Crippen MR) is 75.1 cm³/mol. The van der Waals surface area contributed by atoms with Crippen LogP contribution >= 0.6 is 0 Å². The van der Waals surface area contributed by atoms with Crippen molar-refractivity contribution in [3.8, 4) is 5.75 Å². The number of likely N-dealkylation sites (N-methyl/N-ethyl adjacent to an activating group) is 2. The largest absolute Gasteiger partial charge is 0.482 e. The third kappa shape index (κ3) is 5.57. The minimum absolute atomic E-state index is 0.240. The molecule has 2 amide bonds. The molecule has 0 radical (unpaired) electrons. The summed E-state index contributed by atoms with van der Waals surface area (Å²) in [5.74, 6) is -0.658. The van der Waals surface area contributed by atoms with E-state index in [4.69, 9.17) is 9.84 Å². The fraction of sp³-hybridized carbons (Fsp3) is 0.385. The lowest BCUT2D eigenvalue weighted by molar-refractivity contribution is -0.139. The van der Waals surface area contributed by atoms with Crippen LogP contribution in [0.3, 0.4) is 0 Å². The van der Waals surface area contributed by atoms with Crippen molar-refractivity contribution in [2.75, 3.05) is 39.1 Å². The van der Waals surface area contributed by atoms with Crippen LogP contribution in [-0.4, -0.2) is 55.8 Å². The molecule has 1 aromatic carbocycles. The van der Waals surface area contributed by atoms with Crippen molar-refractivity contribution in [2.45, 2.75) is 0 Å². The maximum Gasteiger partial charge on any atom is 0.341 e. The van der Waals surface area contributed by atoms with Crippen LogP contribution in [0.4, 0.5) is 10.5 Å². The second-order valence-electron chi connectivity index (χ2n) is 4.17. The second kappa shape index (κ2) is 8.00. The molecule has 0 aliphatic rings. The summed E-state index contributed by atoms with van der Waals surface area (Å²) in [6, 6.07) is 6.35. The summed E-state index contributed by atoms with van der Waals surface area (Å²) in [6.45, 7) is 0.864. The third-order valence-corrected chi connectivity index (χ3v) is 2.49. The Kier molecular flexibility index (Phi) is 6.31. The van der Waals surface area contributed by atoms with Gasteiger partial charge in [0.1, 0.15) is 5.75 Å². The minimum Gasteiger partial charge on any atom is -0.482 e. The number of amides is 2. The molecule has 0 aliphatic carbocycles. The molecule has 0 saturated heterocycles. The number of hydrogen-bond donors (Lipinski definition) is 3. The maximum atomic E-state index is 11.8. The molecule has 20 heavy (non-hydrogen) atoms. The normalized spacial score (nSPS) is 9.90. The second-order valence-corrected chi connectivity index (χ2v) is 4.17. The van der Waals surface area contributed by atoms with E-state index in [1.54, 1.807) is 36.2 Å². The number of urea groups is 1. The molecule has 0 heterocycles. The van der Waals surface area contributed by atoms with Crippen LogP contribution < -0.4 is 15.4 Å². The van der Waals surface area contributed by atoms with Crippen molar-refractivity contribution in [1.29, 1.82) is 0 Å². The van der Waals surface area contributed by atoms with Gasteiger partial charge >= 0.3 is 12.0 Å². The van der Waals surface area contributed by atoms with Crippen molar-refractivity contribution < 1.29 is 19.4 Å². The molecule has 0 spiro atoms. The highest BCUT2D eigenvalue weighted by atomic mass is 16.5. The van der Waals surface area contributed by atoms with Crippen LogP contribution in [0.15, 0.2) is 24.3 Å². The highest BCUT2D eigenvalue weighted by molar-refractivity contribution is 5.89. The van der Waals surface area contributed by atoms with E-state index in [1.165, 1.54) is 0 Å². The minimum atomic E-state index is -1.05. The molecule has 3 N–H and O–H groups in total. The lowest BCUT2D eigenvalue weighted by atomic mass is 10.3. The Hall–Kier alpha value is -2.28. The average Bonchev–Trinajstić information content (AvgIpc) is 2.42. The van der Waals surface area contributed by atoms with Gasteiger partial charge in [-0.2, -0.15) is 0 Å². The number of nitrogens with zero attached hydrogens (tertiary/aromatic N) is 1. The van der Waals surface area contributed by atoms with E-state index in [1.807, 2.05) is 7.05 Å². The molecule has 1 aromatic rings. The summed E-state index contributed by atoms with van der Waals surface area (Å²) in [5, 5.41) is 14.2. The Labute approximate surface area is 117 Å². The Morgan fingerprint density at radius 3 is 2.80 bits per heavy atom. The Morgan fingerprint density at radius 2 is 2.15 bits per heavy atom. The van der Waals surface area contributed by atoms with Gasteiger partial charge < -0.3 is 25.4 Å². The zero-order valence-electron chi connectivity index (χ0n) is 11.5. The highest BCUT2D eigenvalue weighted by Crippen LogP contribution is 2.17. The maximum absolute atomic E-state index is 11.8. The van der Waals surface area contributed by atoms with Gasteiger partial charge in [-0.1, -0.05) is 6.07 Å². The van der Waals surface area contributed by atoms with E-state index >= 15 is 0 Å². The molecule has 7 nitrogen and oxygen atoms in total. The Morgan fingerprint density at radius 1 is 1.40 bits per heavy atom. The summed E-state index contributed by atoms with van der Waals surface area (Å²) in [4.78, 5) is 23.8. The van der Waals surface area contributed by atoms with Crippen LogP contribution in [-0.2, 0) is 4.79 Å². The van der Waals surface area contributed by atoms with Gasteiger partial charge in [0.15, 0.2) is 6.61 Å². The topological polar surface area (TPSA) is 90.9 Å². The van der Waals surface area contributed by atoms with E-state index in [-0.39, 0.29) is 6.03 Å². The van der Waals surface area contributed by atoms with E-state index < -0.39 is 12.6 Å². The van der Waals surface area contributed by atoms with Crippen molar-refractivity contribution in [3.63, 3.8) is 0 Å². The molecular weight excluding hydrogens is 262 g/mol. The molecule has 0 saturated carbocycles. The first-order valence-electron chi connectivity index (χ1n) is 6.14. The average molecular weight is 281 g/mol. The molecule has 110 valence electrons. The number of carbonyl (C=O) groups is 2. The number of carboxylic acid groups (broad SMARTS) is 1. The van der Waals surface area contributed by atoms with Gasteiger partial charge in [0, 0.05) is 31.9 Å². The van der Waals surface area contributed by atoms with E-state index in [9.17, 15) is 9.59 Å². The highest BCUT2D eigenvalue weighted by Gasteiger charge is 2.08. The van der Waals surface area contributed by atoms with Crippen molar-refractivity contribution in [2.24, 2.45) is 0 Å². The lowest BCUT2D eigenvalue weighted by Gasteiger charge is -2.17. The first-order valence-corrected chi connectivity index (χ1v) is 6.14. The van der Waals surface area contributed by atoms with Gasteiger partial charge in [0.25, 0.3) is 0 Å². The molecule has 0 fully saturated rings. The number of ether oxygens (including phenoxy) is 1. The number of rotatable bonds is 7. The van der Waals surface area contributed by atoms with Gasteiger partial charge in [-0.25, -0.2) is 9.59 Å². The fourth-order valence-electron chi connectivity index (χ4n) is 1.41. The molecule has 7 heteroatoms. The van der Waals surface area contributed by atoms with Crippen LogP contribution in [0.5, 0.6) is 5.75 Å². The van der Waals surface area contributed by atoms with Crippen LogP contribution in [0.25, 0.3) is 0 Å². The Bertz CT molecular complexity index is 465. The Balaban J connectivity index is 2.56. The van der Waals surface area contributed by atoms with Crippen LogP contribution in [0.2, 0.25) is 0 Å². The van der Waals surface area contributed by atoms with Crippen molar-refractivity contribution in [1.82, 2.24) is 10.2 Å². The summed E-state index contributed by atoms with van der Waals surface area (Å²) in [5.41, 5.74) is 0.550. The van der Waals surface area contributed by atoms with E-state index in [2.05, 4.69) is 10.6 Å². The summed E-state index contributed by atoms with van der Waals surface area (Å²) >= 11 is 0. The number of carbonyl (C=O) groups excluding carboxylic acids is 1. The predicted octanol–water partition coefficient (Wildman–Crippen LogP) is 0.833. The molecule has 0 aromatic heterocycles. The summed E-state index contributed by atoms with van der Waals surface area (Å²) in [6.07, 6.45) is 0. The van der Waals surface area contributed by atoms with Gasteiger partial charge in [-0.3, -0.25) is 0 Å². The zero-order chi connectivity index (χ0) is 15.0. The number of benzene rings is 1. The first kappa shape index (κ1) is 15.8. The van der Waals surface area contributed by atoms with Crippen molar-refractivity contribution >= 4 is 17.7 Å². The molecular formula is C13H19N3O4. The van der Waals surface area contributed by atoms with E-state index in [0.717, 1.165) is 0 Å². The third-order valence-electron chi connectivity index (χ3n) is 2.49. The smallest absolute Gasteiger partial charge is 0.341 e. The standard InChI is InChI=1S/C13H19N3O4/c1-14-6-7-16(2)13(19)15-10-4-3-5-11(8-10)20-9-12(17)18/h3-5,8,14H,6-7,9H2,1-2H3,(H,15,19)(H,17,18). The lowest BCUT2D eigenvalue weighted by Crippen LogP contribution is -2.35. The van der Waals surface area contributed by atoms with Gasteiger partial charge in [-0.05, 0) is 19.2 Å². The quantitative estimate of drug-likeness (QED) is 0.688. The summed E-state index contributed by atoms with van der Waals surface area (Å²) in [7, 11) is 3.51. The molecule has 0 atom stereocenters. The monoisotopic (exact) mass is 281 g/mol. The number of carboxylic acids is 1. The molecule has 0 bridgehead atoms. The number of aliphatic carboxylic acids is 1. The molecule has 0 aliphatic heterocycles. The van der Waals surface area contributed by atoms with E-state index in [0.29, 0.717) is 24.5 Å². The SMILES string of the molecule is CNCCN(C)C(=O)Nc1cccc(OCC(=O)O)c1. The van der Waals surface area contributed by atoms with Gasteiger partial charge in [0.05, 0.1) is 0 Å². The molecule has 1 rings (SSSR count). The molecule has 0 unspecified atom stereocenters. The number of nitrogens with one attached hydrogen (secondary N) is 2.